The average molecular weight is 533 g/mol. The summed E-state index contributed by atoms with van der Waals surface area (Å²) >= 11 is 1.61. The summed E-state index contributed by atoms with van der Waals surface area (Å²) in [6.07, 6.45) is 4.47. The molecule has 8 heteroatoms. The predicted molar refractivity (Wildman–Crippen MR) is 151 cm³/mol. The first-order valence-electron chi connectivity index (χ1n) is 13.0. The summed E-state index contributed by atoms with van der Waals surface area (Å²) in [5.41, 5.74) is 5.19. The SMILES string of the molecule is C=CC1=C(C=C)C(=O)N(C(C(=O)N2CCCC2(C)C(=O)NCc2ccc(-c3scnc3C)cc2)C(C)C)C1. The van der Waals surface area contributed by atoms with Gasteiger partial charge in [-0.1, -0.05) is 63.4 Å². The highest BCUT2D eigenvalue weighted by molar-refractivity contribution is 7.13. The normalized spacial score (nSPS) is 20.3. The molecule has 1 aromatic heterocycles. The highest BCUT2D eigenvalue weighted by atomic mass is 32.1. The van der Waals surface area contributed by atoms with Crippen molar-refractivity contribution in [3.05, 3.63) is 77.5 Å². The van der Waals surface area contributed by atoms with Gasteiger partial charge in [0.15, 0.2) is 0 Å². The van der Waals surface area contributed by atoms with Crippen molar-refractivity contribution in [3.8, 4) is 10.4 Å². The molecule has 0 bridgehead atoms. The van der Waals surface area contributed by atoms with E-state index < -0.39 is 11.6 Å². The average Bonchev–Trinajstić information content (AvgIpc) is 3.60. The van der Waals surface area contributed by atoms with Crippen LogP contribution in [0, 0.1) is 12.8 Å². The zero-order chi connectivity index (χ0) is 27.6. The minimum absolute atomic E-state index is 0.129. The zero-order valence-electron chi connectivity index (χ0n) is 22.6. The van der Waals surface area contributed by atoms with Crippen molar-refractivity contribution < 1.29 is 14.4 Å². The van der Waals surface area contributed by atoms with Gasteiger partial charge < -0.3 is 15.1 Å². The van der Waals surface area contributed by atoms with Gasteiger partial charge in [-0.25, -0.2) is 4.98 Å². The number of aryl methyl sites for hydroxylation is 1. The number of benzene rings is 1. The standard InChI is InChI=1S/C30H36N4O3S/c1-7-22-17-33(27(35)24(22)8-2)25(19(3)4)28(36)34-15-9-14-30(34,6)29(37)31-16-21-10-12-23(13-11-21)26-20(5)32-18-38-26/h7-8,10-13,18-19,25H,1-2,9,14-17H2,3-6H3,(H,31,37). The maximum absolute atomic E-state index is 14.0. The van der Waals surface area contributed by atoms with Crippen molar-refractivity contribution in [2.24, 2.45) is 5.92 Å². The third-order valence-corrected chi connectivity index (χ3v) is 8.64. The van der Waals surface area contributed by atoms with Crippen LogP contribution < -0.4 is 5.32 Å². The maximum atomic E-state index is 14.0. The zero-order valence-corrected chi connectivity index (χ0v) is 23.4. The highest BCUT2D eigenvalue weighted by Gasteiger charge is 2.49. The molecule has 38 heavy (non-hydrogen) atoms. The van der Waals surface area contributed by atoms with E-state index in [9.17, 15) is 14.4 Å². The molecule has 2 aromatic rings. The Morgan fingerprint density at radius 3 is 2.47 bits per heavy atom. The van der Waals surface area contributed by atoms with Crippen LogP contribution in [0.4, 0.5) is 0 Å². The summed E-state index contributed by atoms with van der Waals surface area (Å²) < 4.78 is 0. The summed E-state index contributed by atoms with van der Waals surface area (Å²) in [4.78, 5) is 49.3. The highest BCUT2D eigenvalue weighted by Crippen LogP contribution is 2.34. The van der Waals surface area contributed by atoms with Crippen molar-refractivity contribution in [1.82, 2.24) is 20.1 Å². The summed E-state index contributed by atoms with van der Waals surface area (Å²) in [6, 6.07) is 7.41. The summed E-state index contributed by atoms with van der Waals surface area (Å²) in [7, 11) is 0. The van der Waals surface area contributed by atoms with Crippen LogP contribution in [-0.2, 0) is 20.9 Å². The van der Waals surface area contributed by atoms with Crippen molar-refractivity contribution in [3.63, 3.8) is 0 Å². The molecule has 3 amide bonds. The molecule has 1 fully saturated rings. The van der Waals surface area contributed by atoms with Gasteiger partial charge in [-0.2, -0.15) is 0 Å². The number of carbonyl (C=O) groups is 3. The lowest BCUT2D eigenvalue weighted by atomic mass is 9.94. The van der Waals surface area contributed by atoms with Gasteiger partial charge in [-0.3, -0.25) is 14.4 Å². The number of hydrogen-bond donors (Lipinski definition) is 1. The Bertz CT molecular complexity index is 1290. The summed E-state index contributed by atoms with van der Waals surface area (Å²) in [5.74, 6) is -0.723. The van der Waals surface area contributed by atoms with Gasteiger partial charge in [0.2, 0.25) is 11.8 Å². The number of nitrogens with zero attached hydrogens (tertiary/aromatic N) is 3. The molecule has 2 aliphatic heterocycles. The van der Waals surface area contributed by atoms with Crippen LogP contribution in [-0.4, -0.2) is 57.2 Å². The second-order valence-corrected chi connectivity index (χ2v) is 11.3. The van der Waals surface area contributed by atoms with Crippen LogP contribution >= 0.6 is 11.3 Å². The van der Waals surface area contributed by atoms with E-state index in [1.807, 2.05) is 57.5 Å². The monoisotopic (exact) mass is 532 g/mol. The molecule has 2 aliphatic rings. The minimum atomic E-state index is -0.983. The van der Waals surface area contributed by atoms with Gasteiger partial charge in [0.05, 0.1) is 16.1 Å². The molecule has 1 saturated heterocycles. The van der Waals surface area contributed by atoms with Gasteiger partial charge in [0.25, 0.3) is 5.91 Å². The lowest BCUT2D eigenvalue weighted by molar-refractivity contribution is -0.151. The van der Waals surface area contributed by atoms with Crippen LogP contribution in [0.25, 0.3) is 10.4 Å². The minimum Gasteiger partial charge on any atom is -0.350 e. The Labute approximate surface area is 228 Å². The van der Waals surface area contributed by atoms with Gasteiger partial charge in [-0.05, 0) is 49.3 Å². The lowest BCUT2D eigenvalue weighted by Crippen LogP contribution is -2.61. The Hall–Kier alpha value is -3.52. The van der Waals surface area contributed by atoms with Crippen LogP contribution in [0.15, 0.2) is 66.2 Å². The number of nitrogens with one attached hydrogen (secondary N) is 1. The van der Waals surface area contributed by atoms with Crippen molar-refractivity contribution in [2.45, 2.75) is 58.7 Å². The van der Waals surface area contributed by atoms with Crippen LogP contribution in [0.3, 0.4) is 0 Å². The lowest BCUT2D eigenvalue weighted by Gasteiger charge is -2.39. The topological polar surface area (TPSA) is 82.6 Å². The van der Waals surface area contributed by atoms with Crippen LogP contribution in [0.2, 0.25) is 0 Å². The van der Waals surface area contributed by atoms with Gasteiger partial charge in [0.1, 0.15) is 11.6 Å². The van der Waals surface area contributed by atoms with E-state index in [0.29, 0.717) is 31.6 Å². The molecule has 0 radical (unpaired) electrons. The van der Waals surface area contributed by atoms with Crippen molar-refractivity contribution in [1.29, 1.82) is 0 Å². The van der Waals surface area contributed by atoms with E-state index in [4.69, 9.17) is 0 Å². The van der Waals surface area contributed by atoms with Gasteiger partial charge >= 0.3 is 0 Å². The molecule has 4 rings (SSSR count). The number of aromatic nitrogens is 1. The second-order valence-electron chi connectivity index (χ2n) is 10.5. The van der Waals surface area contributed by atoms with E-state index in [1.165, 1.54) is 6.08 Å². The molecule has 7 nitrogen and oxygen atoms in total. The fraction of sp³-hybridized carbons (Fsp3) is 0.400. The fourth-order valence-corrected chi connectivity index (χ4v) is 6.28. The Kier molecular flexibility index (Phi) is 8.02. The number of rotatable bonds is 9. The molecule has 2 unspecified atom stereocenters. The number of carbonyl (C=O) groups excluding carboxylic acids is 3. The van der Waals surface area contributed by atoms with Crippen LogP contribution in [0.1, 0.15) is 44.9 Å². The molecule has 3 heterocycles. The number of thiazole rings is 1. The largest absolute Gasteiger partial charge is 0.350 e. The Balaban J connectivity index is 1.47. The first-order valence-corrected chi connectivity index (χ1v) is 13.9. The first kappa shape index (κ1) is 27.5. The number of likely N-dealkylation sites (tertiary alicyclic amines) is 1. The predicted octanol–water partition coefficient (Wildman–Crippen LogP) is 4.65. The third kappa shape index (κ3) is 4.97. The third-order valence-electron chi connectivity index (χ3n) is 7.66. The maximum Gasteiger partial charge on any atom is 0.255 e. The quantitative estimate of drug-likeness (QED) is 0.510. The van der Waals surface area contributed by atoms with Gasteiger partial charge in [0, 0.05) is 25.2 Å². The molecular weight excluding hydrogens is 496 g/mol. The first-order chi connectivity index (χ1) is 18.1. The van der Waals surface area contributed by atoms with Gasteiger partial charge in [-0.15, -0.1) is 11.3 Å². The molecule has 0 saturated carbocycles. The molecule has 1 aromatic carbocycles. The molecule has 0 spiro atoms. The fourth-order valence-electron chi connectivity index (χ4n) is 5.47. The van der Waals surface area contributed by atoms with Crippen molar-refractivity contribution in [2.75, 3.05) is 13.1 Å². The van der Waals surface area contributed by atoms with E-state index in [1.54, 1.807) is 27.2 Å². The van der Waals surface area contributed by atoms with E-state index in [-0.39, 0.29) is 23.6 Å². The molecule has 200 valence electrons. The van der Waals surface area contributed by atoms with E-state index >= 15 is 0 Å². The summed E-state index contributed by atoms with van der Waals surface area (Å²) in [5, 5.41) is 3.05. The van der Waals surface area contributed by atoms with E-state index in [2.05, 4.69) is 23.5 Å². The second kappa shape index (κ2) is 11.1. The smallest absolute Gasteiger partial charge is 0.255 e. The van der Waals surface area contributed by atoms with E-state index in [0.717, 1.165) is 33.7 Å². The number of amides is 3. The molecule has 0 aliphatic carbocycles. The van der Waals surface area contributed by atoms with Crippen molar-refractivity contribution >= 4 is 29.1 Å². The molecular formula is C30H36N4O3S. The summed E-state index contributed by atoms with van der Waals surface area (Å²) in [6.45, 7) is 16.4. The molecule has 1 N–H and O–H groups in total. The van der Waals surface area contributed by atoms with Crippen LogP contribution in [0.5, 0.6) is 0 Å². The molecule has 2 atom stereocenters. The Morgan fingerprint density at radius 2 is 1.92 bits per heavy atom. The number of hydrogen-bond acceptors (Lipinski definition) is 5. The Morgan fingerprint density at radius 1 is 1.21 bits per heavy atom.